The predicted octanol–water partition coefficient (Wildman–Crippen LogP) is 3.73. The van der Waals surface area contributed by atoms with E-state index in [2.05, 4.69) is 39.5 Å². The summed E-state index contributed by atoms with van der Waals surface area (Å²) in [6.45, 7) is 9.01. The summed E-state index contributed by atoms with van der Waals surface area (Å²) in [7, 11) is 1.68. The van der Waals surface area contributed by atoms with Crippen LogP contribution in [0, 0.1) is 25.5 Å². The van der Waals surface area contributed by atoms with E-state index in [1.807, 2.05) is 11.5 Å². The Morgan fingerprint density at radius 3 is 2.68 bits per heavy atom. The summed E-state index contributed by atoms with van der Waals surface area (Å²) >= 11 is 0. The largest absolute Gasteiger partial charge is 0.496 e. The fourth-order valence-electron chi connectivity index (χ4n) is 4.36. The van der Waals surface area contributed by atoms with Gasteiger partial charge in [0.05, 0.1) is 18.7 Å². The van der Waals surface area contributed by atoms with E-state index in [9.17, 15) is 13.6 Å². The predicted molar refractivity (Wildman–Crippen MR) is 124 cm³/mol. The third kappa shape index (κ3) is 4.94. The second-order valence-electron chi connectivity index (χ2n) is 8.72. The van der Waals surface area contributed by atoms with Gasteiger partial charge in [-0.3, -0.25) is 9.69 Å². The van der Waals surface area contributed by atoms with Gasteiger partial charge in [-0.25, -0.2) is 8.78 Å². The summed E-state index contributed by atoms with van der Waals surface area (Å²) in [5.41, 5.74) is 3.22. The monoisotopic (exact) mass is 469 g/mol. The molecule has 0 fully saturated rings. The van der Waals surface area contributed by atoms with E-state index >= 15 is 0 Å². The molecule has 7 nitrogen and oxygen atoms in total. The maximum Gasteiger partial charge on any atom is 0.254 e. The van der Waals surface area contributed by atoms with Crippen LogP contribution in [-0.4, -0.2) is 45.8 Å². The number of hydrogen-bond donors (Lipinski definition) is 1. The molecular formula is C25H29F2N5O2. The lowest BCUT2D eigenvalue weighted by Gasteiger charge is -2.22. The third-order valence-electron chi connectivity index (χ3n) is 6.30. The second kappa shape index (κ2) is 9.89. The van der Waals surface area contributed by atoms with Crippen LogP contribution >= 0.6 is 0 Å². The van der Waals surface area contributed by atoms with Crippen LogP contribution in [0.5, 0.6) is 5.75 Å². The van der Waals surface area contributed by atoms with Crippen LogP contribution in [-0.2, 0) is 19.5 Å². The number of aryl methyl sites for hydroxylation is 2. The Balaban J connectivity index is 1.45. The number of methoxy groups -OCH3 is 1. The van der Waals surface area contributed by atoms with Crippen molar-refractivity contribution < 1.29 is 18.3 Å². The van der Waals surface area contributed by atoms with Crippen LogP contribution in [0.3, 0.4) is 0 Å². The van der Waals surface area contributed by atoms with Crippen molar-refractivity contribution in [3.8, 4) is 5.75 Å². The Kier molecular flexibility index (Phi) is 6.92. The van der Waals surface area contributed by atoms with Crippen LogP contribution in [0.2, 0.25) is 0 Å². The molecule has 4 rings (SSSR count). The molecule has 1 aliphatic rings. The number of nitrogens with zero attached hydrogens (tertiary/aromatic N) is 4. The number of fused-ring (bicyclic) bond motifs is 1. The van der Waals surface area contributed by atoms with Crippen molar-refractivity contribution >= 4 is 5.91 Å². The molecule has 2 aromatic carbocycles. The van der Waals surface area contributed by atoms with Crippen LogP contribution in [0.4, 0.5) is 8.78 Å². The van der Waals surface area contributed by atoms with Gasteiger partial charge in [0.25, 0.3) is 5.91 Å². The molecule has 1 atom stereocenters. The summed E-state index contributed by atoms with van der Waals surface area (Å²) in [5.74, 6) is 0.199. The zero-order valence-corrected chi connectivity index (χ0v) is 19.9. The van der Waals surface area contributed by atoms with Crippen molar-refractivity contribution in [1.82, 2.24) is 25.0 Å². The van der Waals surface area contributed by atoms with Crippen LogP contribution in [0.15, 0.2) is 30.3 Å². The topological polar surface area (TPSA) is 72.3 Å². The maximum absolute atomic E-state index is 14.0. The Bertz CT molecular complexity index is 1210. The zero-order chi connectivity index (χ0) is 24.4. The maximum atomic E-state index is 14.0. The van der Waals surface area contributed by atoms with E-state index in [1.54, 1.807) is 14.0 Å². The van der Waals surface area contributed by atoms with Gasteiger partial charge >= 0.3 is 0 Å². The standard InChI is InChI=1S/C25H29F2N5O2/c1-15-12-22(34-4)16(2)11-18(15)14-31-8-7-23-29-30-24(32(23)10-9-31)17(3)28-25(33)20-13-19(26)5-6-21(20)27/h5-6,11-13,17H,7-10,14H2,1-4H3,(H,28,33). The summed E-state index contributed by atoms with van der Waals surface area (Å²) < 4.78 is 34.9. The average molecular weight is 470 g/mol. The minimum Gasteiger partial charge on any atom is -0.496 e. The number of nitrogens with one attached hydrogen (secondary N) is 1. The van der Waals surface area contributed by atoms with E-state index in [-0.39, 0.29) is 5.56 Å². The van der Waals surface area contributed by atoms with Gasteiger partial charge in [-0.1, -0.05) is 6.07 Å². The summed E-state index contributed by atoms with van der Waals surface area (Å²) in [5, 5.41) is 11.3. The molecule has 0 aliphatic carbocycles. The molecule has 2 heterocycles. The first-order valence-electron chi connectivity index (χ1n) is 11.3. The average Bonchev–Trinajstić information content (AvgIpc) is 3.11. The number of hydrogen-bond acceptors (Lipinski definition) is 5. The highest BCUT2D eigenvalue weighted by molar-refractivity contribution is 5.94. The van der Waals surface area contributed by atoms with E-state index in [0.29, 0.717) is 12.4 Å². The molecule has 1 unspecified atom stereocenters. The Labute approximate surface area is 197 Å². The third-order valence-corrected chi connectivity index (χ3v) is 6.30. The molecule has 3 aromatic rings. The fraction of sp³-hybridized carbons (Fsp3) is 0.400. The lowest BCUT2D eigenvalue weighted by Crippen LogP contribution is -2.30. The van der Waals surface area contributed by atoms with E-state index in [0.717, 1.165) is 61.4 Å². The summed E-state index contributed by atoms with van der Waals surface area (Å²) in [6, 6.07) is 6.54. The molecule has 0 bridgehead atoms. The first kappa shape index (κ1) is 23.8. The normalized spacial score (nSPS) is 14.9. The summed E-state index contributed by atoms with van der Waals surface area (Å²) in [4.78, 5) is 14.9. The molecule has 1 N–H and O–H groups in total. The molecule has 0 spiro atoms. The number of rotatable bonds is 6. The first-order chi connectivity index (χ1) is 16.3. The van der Waals surface area contributed by atoms with Gasteiger partial charge in [0.2, 0.25) is 0 Å². The SMILES string of the molecule is COc1cc(C)c(CN2CCc3nnc(C(C)NC(=O)c4cc(F)ccc4F)n3CC2)cc1C. The lowest BCUT2D eigenvalue weighted by molar-refractivity contribution is 0.0933. The molecule has 0 saturated carbocycles. The fourth-order valence-corrected chi connectivity index (χ4v) is 4.36. The van der Waals surface area contributed by atoms with Crippen molar-refractivity contribution in [3.05, 3.63) is 75.9 Å². The lowest BCUT2D eigenvalue weighted by atomic mass is 10.0. The smallest absolute Gasteiger partial charge is 0.254 e. The van der Waals surface area contributed by atoms with E-state index in [1.165, 1.54) is 11.1 Å². The number of benzene rings is 2. The Morgan fingerprint density at radius 1 is 1.12 bits per heavy atom. The number of aromatic nitrogens is 3. The molecule has 34 heavy (non-hydrogen) atoms. The summed E-state index contributed by atoms with van der Waals surface area (Å²) in [6.07, 6.45) is 0.723. The number of carbonyl (C=O) groups is 1. The zero-order valence-electron chi connectivity index (χ0n) is 19.9. The van der Waals surface area contributed by atoms with Crippen LogP contribution in [0.1, 0.15) is 51.7 Å². The van der Waals surface area contributed by atoms with Gasteiger partial charge in [-0.05, 0) is 61.7 Å². The Morgan fingerprint density at radius 2 is 1.91 bits per heavy atom. The van der Waals surface area contributed by atoms with Crippen molar-refractivity contribution in [1.29, 1.82) is 0 Å². The van der Waals surface area contributed by atoms with Gasteiger partial charge in [0.1, 0.15) is 23.2 Å². The molecule has 1 aromatic heterocycles. The van der Waals surface area contributed by atoms with Gasteiger partial charge in [0, 0.05) is 32.6 Å². The van der Waals surface area contributed by atoms with Crippen LogP contribution in [0.25, 0.3) is 0 Å². The van der Waals surface area contributed by atoms with Crippen molar-refractivity contribution in [2.45, 2.75) is 46.3 Å². The highest BCUT2D eigenvalue weighted by Crippen LogP contribution is 2.24. The van der Waals surface area contributed by atoms with Crippen molar-refractivity contribution in [2.75, 3.05) is 20.2 Å². The molecule has 0 saturated heterocycles. The first-order valence-corrected chi connectivity index (χ1v) is 11.3. The van der Waals surface area contributed by atoms with Crippen molar-refractivity contribution in [2.24, 2.45) is 0 Å². The molecule has 0 radical (unpaired) electrons. The van der Waals surface area contributed by atoms with Gasteiger partial charge < -0.3 is 14.6 Å². The van der Waals surface area contributed by atoms with Gasteiger partial charge in [0.15, 0.2) is 5.82 Å². The number of ether oxygens (including phenoxy) is 1. The van der Waals surface area contributed by atoms with Gasteiger partial charge in [-0.15, -0.1) is 10.2 Å². The molecule has 9 heteroatoms. The molecule has 1 amide bonds. The quantitative estimate of drug-likeness (QED) is 0.596. The highest BCUT2D eigenvalue weighted by Gasteiger charge is 2.24. The minimum atomic E-state index is -0.772. The number of amides is 1. The number of halogens is 2. The molecule has 1 aliphatic heterocycles. The van der Waals surface area contributed by atoms with Crippen LogP contribution < -0.4 is 10.1 Å². The second-order valence-corrected chi connectivity index (χ2v) is 8.72. The molecular weight excluding hydrogens is 440 g/mol. The number of carbonyl (C=O) groups excluding carboxylic acids is 1. The van der Waals surface area contributed by atoms with Gasteiger partial charge in [-0.2, -0.15) is 0 Å². The highest BCUT2D eigenvalue weighted by atomic mass is 19.1. The molecule has 180 valence electrons. The van der Waals surface area contributed by atoms with Crippen molar-refractivity contribution in [3.63, 3.8) is 0 Å². The minimum absolute atomic E-state index is 0.334. The Hall–Kier alpha value is -3.33. The van der Waals surface area contributed by atoms with E-state index < -0.39 is 23.6 Å². The van der Waals surface area contributed by atoms with E-state index in [4.69, 9.17) is 4.74 Å².